The van der Waals surface area contributed by atoms with Crippen molar-refractivity contribution in [1.82, 2.24) is 15.5 Å². The number of carbonyl (C=O) groups excluding carboxylic acids is 1. The summed E-state index contributed by atoms with van der Waals surface area (Å²) in [5.74, 6) is 0.591. The van der Waals surface area contributed by atoms with Crippen LogP contribution in [0.25, 0.3) is 0 Å². The number of piperidine rings is 1. The summed E-state index contributed by atoms with van der Waals surface area (Å²) < 4.78 is 0. The molecule has 4 rings (SSSR count). The van der Waals surface area contributed by atoms with Crippen LogP contribution in [0.3, 0.4) is 0 Å². The molecule has 1 aliphatic carbocycles. The topological polar surface area (TPSA) is 44.4 Å². The molecule has 0 spiro atoms. The van der Waals surface area contributed by atoms with E-state index in [1.165, 1.54) is 37.9 Å². The fourth-order valence-corrected chi connectivity index (χ4v) is 3.99. The van der Waals surface area contributed by atoms with Crippen molar-refractivity contribution in [3.8, 4) is 0 Å². The number of likely N-dealkylation sites (tertiary alicyclic amines) is 1. The Kier molecular flexibility index (Phi) is 5.55. The summed E-state index contributed by atoms with van der Waals surface area (Å²) in [6.45, 7) is 2.95. The minimum Gasteiger partial charge on any atom is -0.348 e. The monoisotopic (exact) mass is 363 g/mol. The lowest BCUT2D eigenvalue weighted by molar-refractivity contribution is 0.0951. The van der Waals surface area contributed by atoms with Crippen molar-refractivity contribution in [3.63, 3.8) is 0 Å². The highest BCUT2D eigenvalue weighted by molar-refractivity contribution is 5.94. The van der Waals surface area contributed by atoms with Crippen molar-refractivity contribution in [2.45, 2.75) is 43.8 Å². The van der Waals surface area contributed by atoms with Gasteiger partial charge in [0.2, 0.25) is 0 Å². The normalized spacial score (nSPS) is 23.1. The van der Waals surface area contributed by atoms with Gasteiger partial charge in [0.05, 0.1) is 0 Å². The van der Waals surface area contributed by atoms with Crippen LogP contribution < -0.4 is 10.6 Å². The molecule has 4 nitrogen and oxygen atoms in total. The Morgan fingerprint density at radius 2 is 1.74 bits per heavy atom. The Bertz CT molecular complexity index is 751. The molecule has 2 aromatic rings. The molecule has 2 fully saturated rings. The Morgan fingerprint density at radius 1 is 1.04 bits per heavy atom. The molecular formula is C23H29N3O. The molecule has 2 aromatic carbocycles. The molecule has 2 N–H and O–H groups in total. The van der Waals surface area contributed by atoms with E-state index >= 15 is 0 Å². The van der Waals surface area contributed by atoms with Gasteiger partial charge in [-0.3, -0.25) is 4.79 Å². The summed E-state index contributed by atoms with van der Waals surface area (Å²) in [6.07, 6.45) is 3.71. The van der Waals surface area contributed by atoms with Gasteiger partial charge in [-0.15, -0.1) is 0 Å². The fourth-order valence-electron chi connectivity index (χ4n) is 3.99. The SMILES string of the molecule is CN1CCC(NC2CC2c2ccc(C(=O)NCc3ccccc3)cc2)CC1. The van der Waals surface area contributed by atoms with Crippen LogP contribution in [0, 0.1) is 0 Å². The molecule has 4 heteroatoms. The minimum atomic E-state index is -0.0119. The molecule has 142 valence electrons. The van der Waals surface area contributed by atoms with Gasteiger partial charge in [0.1, 0.15) is 0 Å². The zero-order chi connectivity index (χ0) is 18.6. The van der Waals surface area contributed by atoms with Crippen LogP contribution in [0.15, 0.2) is 54.6 Å². The van der Waals surface area contributed by atoms with E-state index < -0.39 is 0 Å². The largest absolute Gasteiger partial charge is 0.348 e. The summed E-state index contributed by atoms with van der Waals surface area (Å²) in [5, 5.41) is 6.82. The highest BCUT2D eigenvalue weighted by Crippen LogP contribution is 2.41. The molecule has 0 bridgehead atoms. The molecule has 2 unspecified atom stereocenters. The van der Waals surface area contributed by atoms with Crippen LogP contribution in [0.5, 0.6) is 0 Å². The van der Waals surface area contributed by atoms with E-state index in [9.17, 15) is 4.79 Å². The summed E-state index contributed by atoms with van der Waals surface area (Å²) in [7, 11) is 2.20. The minimum absolute atomic E-state index is 0.0119. The first-order valence-corrected chi connectivity index (χ1v) is 10.1. The molecule has 1 heterocycles. The Morgan fingerprint density at radius 3 is 2.44 bits per heavy atom. The van der Waals surface area contributed by atoms with E-state index in [0.29, 0.717) is 24.5 Å². The number of hydrogen-bond acceptors (Lipinski definition) is 3. The van der Waals surface area contributed by atoms with Crippen LogP contribution in [0.4, 0.5) is 0 Å². The lowest BCUT2D eigenvalue weighted by Gasteiger charge is -2.29. The van der Waals surface area contributed by atoms with E-state index in [4.69, 9.17) is 0 Å². The molecule has 27 heavy (non-hydrogen) atoms. The average molecular weight is 364 g/mol. The predicted octanol–water partition coefficient (Wildman–Crippen LogP) is 3.16. The molecule has 1 saturated heterocycles. The molecular weight excluding hydrogens is 334 g/mol. The predicted molar refractivity (Wildman–Crippen MR) is 109 cm³/mol. The third kappa shape index (κ3) is 4.76. The van der Waals surface area contributed by atoms with E-state index in [1.54, 1.807) is 0 Å². The van der Waals surface area contributed by atoms with Crippen molar-refractivity contribution in [2.24, 2.45) is 0 Å². The Hall–Kier alpha value is -2.17. The number of hydrogen-bond donors (Lipinski definition) is 2. The van der Waals surface area contributed by atoms with Gasteiger partial charge in [0, 0.05) is 30.1 Å². The van der Waals surface area contributed by atoms with Gasteiger partial charge in [-0.1, -0.05) is 42.5 Å². The average Bonchev–Trinajstić information content (AvgIpc) is 3.48. The maximum absolute atomic E-state index is 12.3. The molecule has 1 saturated carbocycles. The zero-order valence-corrected chi connectivity index (χ0v) is 16.0. The third-order valence-corrected chi connectivity index (χ3v) is 5.86. The summed E-state index contributed by atoms with van der Waals surface area (Å²) in [6, 6.07) is 19.4. The number of amides is 1. The first kappa shape index (κ1) is 18.2. The van der Waals surface area contributed by atoms with Crippen LogP contribution >= 0.6 is 0 Å². The molecule has 0 radical (unpaired) electrons. The van der Waals surface area contributed by atoms with Gasteiger partial charge in [-0.2, -0.15) is 0 Å². The highest BCUT2D eigenvalue weighted by atomic mass is 16.1. The van der Waals surface area contributed by atoms with E-state index in [0.717, 1.165) is 11.1 Å². The van der Waals surface area contributed by atoms with Crippen molar-refractivity contribution in [1.29, 1.82) is 0 Å². The number of nitrogens with one attached hydrogen (secondary N) is 2. The van der Waals surface area contributed by atoms with E-state index in [-0.39, 0.29) is 5.91 Å². The van der Waals surface area contributed by atoms with E-state index in [2.05, 4.69) is 34.7 Å². The maximum Gasteiger partial charge on any atom is 0.251 e. The first-order valence-electron chi connectivity index (χ1n) is 10.1. The lowest BCUT2D eigenvalue weighted by atomic mass is 10.0. The standard InChI is InChI=1S/C23H29N3O/c1-26-13-11-20(12-14-26)25-22-15-21(22)18-7-9-19(10-8-18)23(27)24-16-17-5-3-2-4-6-17/h2-10,20-22,25H,11-16H2,1H3,(H,24,27). The van der Waals surface area contributed by atoms with Gasteiger partial charge in [0.25, 0.3) is 5.91 Å². The quantitative estimate of drug-likeness (QED) is 0.829. The molecule has 2 atom stereocenters. The second-order valence-electron chi connectivity index (χ2n) is 7.98. The van der Waals surface area contributed by atoms with Crippen LogP contribution in [0.2, 0.25) is 0 Å². The molecule has 2 aliphatic rings. The van der Waals surface area contributed by atoms with Crippen LogP contribution in [-0.4, -0.2) is 43.0 Å². The van der Waals surface area contributed by atoms with Gasteiger partial charge < -0.3 is 15.5 Å². The number of rotatable bonds is 6. The Balaban J connectivity index is 1.26. The first-order chi connectivity index (χ1) is 13.2. The molecule has 0 aromatic heterocycles. The van der Waals surface area contributed by atoms with Crippen LogP contribution in [0.1, 0.15) is 46.7 Å². The summed E-state index contributed by atoms with van der Waals surface area (Å²) in [4.78, 5) is 14.7. The van der Waals surface area contributed by atoms with Gasteiger partial charge in [0.15, 0.2) is 0 Å². The van der Waals surface area contributed by atoms with Gasteiger partial charge in [-0.25, -0.2) is 0 Å². The maximum atomic E-state index is 12.3. The third-order valence-electron chi connectivity index (χ3n) is 5.86. The smallest absolute Gasteiger partial charge is 0.251 e. The Labute approximate surface area is 162 Å². The molecule has 1 aliphatic heterocycles. The van der Waals surface area contributed by atoms with Crippen molar-refractivity contribution < 1.29 is 4.79 Å². The zero-order valence-electron chi connectivity index (χ0n) is 16.0. The van der Waals surface area contributed by atoms with Crippen molar-refractivity contribution >= 4 is 5.91 Å². The summed E-state index contributed by atoms with van der Waals surface area (Å²) >= 11 is 0. The van der Waals surface area contributed by atoms with Gasteiger partial charge in [-0.05, 0) is 62.7 Å². The second-order valence-corrected chi connectivity index (χ2v) is 7.98. The lowest BCUT2D eigenvalue weighted by Crippen LogP contribution is -2.42. The number of carbonyl (C=O) groups is 1. The van der Waals surface area contributed by atoms with Crippen LogP contribution in [-0.2, 0) is 6.54 Å². The molecule has 1 amide bonds. The number of nitrogens with zero attached hydrogens (tertiary/aromatic N) is 1. The summed E-state index contributed by atoms with van der Waals surface area (Å²) in [5.41, 5.74) is 3.19. The number of benzene rings is 2. The highest BCUT2D eigenvalue weighted by Gasteiger charge is 2.39. The fraction of sp³-hybridized carbons (Fsp3) is 0.435. The van der Waals surface area contributed by atoms with Crippen molar-refractivity contribution in [3.05, 3.63) is 71.3 Å². The van der Waals surface area contributed by atoms with Crippen molar-refractivity contribution in [2.75, 3.05) is 20.1 Å². The van der Waals surface area contributed by atoms with Gasteiger partial charge >= 0.3 is 0 Å². The van der Waals surface area contributed by atoms with E-state index in [1.807, 2.05) is 42.5 Å². The second kappa shape index (κ2) is 8.24.